The summed E-state index contributed by atoms with van der Waals surface area (Å²) in [5, 5.41) is 11.1. The molecule has 1 heterocycles. The predicted molar refractivity (Wildman–Crippen MR) is 139 cm³/mol. The van der Waals surface area contributed by atoms with E-state index < -0.39 is 16.1 Å². The van der Waals surface area contributed by atoms with Gasteiger partial charge in [0.1, 0.15) is 5.75 Å². The molecule has 1 saturated carbocycles. The van der Waals surface area contributed by atoms with E-state index >= 15 is 0 Å². The van der Waals surface area contributed by atoms with Gasteiger partial charge in [0, 0.05) is 31.6 Å². The van der Waals surface area contributed by atoms with Crippen LogP contribution < -0.4 is 4.74 Å². The second-order valence-electron chi connectivity index (χ2n) is 10.3. The van der Waals surface area contributed by atoms with Gasteiger partial charge in [0.15, 0.2) is 0 Å². The lowest BCUT2D eigenvalue weighted by molar-refractivity contribution is -0.133. The summed E-state index contributed by atoms with van der Waals surface area (Å²) in [6, 6.07) is 16.4. The molecule has 1 saturated heterocycles. The smallest absolute Gasteiger partial charge is 0.243 e. The third-order valence-electron chi connectivity index (χ3n) is 7.54. The third-order valence-corrected chi connectivity index (χ3v) is 9.39. The molecule has 0 aromatic heterocycles. The van der Waals surface area contributed by atoms with E-state index in [0.717, 1.165) is 44.1 Å². The van der Waals surface area contributed by atoms with Gasteiger partial charge in [0.25, 0.3) is 0 Å². The minimum atomic E-state index is -3.81. The molecule has 2 unspecified atom stereocenters. The van der Waals surface area contributed by atoms with E-state index in [4.69, 9.17) is 4.74 Å². The topological polar surface area (TPSA) is 87.2 Å². The van der Waals surface area contributed by atoms with Crippen LogP contribution in [0.15, 0.2) is 59.5 Å². The van der Waals surface area contributed by atoms with Gasteiger partial charge >= 0.3 is 0 Å². The fourth-order valence-electron chi connectivity index (χ4n) is 5.59. The highest BCUT2D eigenvalue weighted by atomic mass is 32.2. The lowest BCUT2D eigenvalue weighted by atomic mass is 10.0. The highest BCUT2D eigenvalue weighted by molar-refractivity contribution is 7.89. The largest absolute Gasteiger partial charge is 0.497 e. The number of likely N-dealkylation sites (tertiary alicyclic amines) is 1. The van der Waals surface area contributed by atoms with Crippen LogP contribution in [-0.2, 0) is 21.2 Å². The van der Waals surface area contributed by atoms with Crippen LogP contribution >= 0.6 is 0 Å². The number of sulfonamides is 1. The van der Waals surface area contributed by atoms with Crippen molar-refractivity contribution in [1.29, 1.82) is 0 Å². The molecule has 3 atom stereocenters. The predicted octanol–water partition coefficient (Wildman–Crippen LogP) is 3.72. The Hall–Kier alpha value is -2.42. The maximum atomic E-state index is 13.6. The van der Waals surface area contributed by atoms with Crippen molar-refractivity contribution >= 4 is 15.9 Å². The molecule has 0 radical (unpaired) electrons. The van der Waals surface area contributed by atoms with Crippen molar-refractivity contribution in [2.75, 3.05) is 26.7 Å². The van der Waals surface area contributed by atoms with E-state index in [0.29, 0.717) is 12.3 Å². The SMILES string of the molecule is COc1ccc(S(=O)(=O)N(CC(O)CN2C(=O)C(C)C[C@@H]2Cc2ccccc2)CC2CCCC2)cc1. The van der Waals surface area contributed by atoms with Crippen molar-refractivity contribution in [3.05, 3.63) is 60.2 Å². The first-order valence-corrected chi connectivity index (χ1v) is 14.4. The second-order valence-corrected chi connectivity index (χ2v) is 12.2. The van der Waals surface area contributed by atoms with Crippen LogP contribution in [0.5, 0.6) is 5.75 Å². The summed E-state index contributed by atoms with van der Waals surface area (Å²) >= 11 is 0. The molecule has 2 fully saturated rings. The number of rotatable bonds is 11. The molecule has 2 aliphatic rings. The van der Waals surface area contributed by atoms with Gasteiger partial charge in [-0.25, -0.2) is 8.42 Å². The van der Waals surface area contributed by atoms with Crippen molar-refractivity contribution < 1.29 is 23.1 Å². The van der Waals surface area contributed by atoms with Crippen LogP contribution in [0.4, 0.5) is 0 Å². The molecule has 1 amide bonds. The van der Waals surface area contributed by atoms with Crippen LogP contribution in [-0.4, -0.2) is 67.5 Å². The monoisotopic (exact) mass is 514 g/mol. The molecule has 1 aliphatic heterocycles. The average molecular weight is 515 g/mol. The molecule has 1 aliphatic carbocycles. The number of hydrogen-bond donors (Lipinski definition) is 1. The molecule has 7 nitrogen and oxygen atoms in total. The lowest BCUT2D eigenvalue weighted by Gasteiger charge is -2.31. The van der Waals surface area contributed by atoms with E-state index in [1.165, 1.54) is 11.4 Å². The second kappa shape index (κ2) is 11.8. The molecule has 1 N–H and O–H groups in total. The Morgan fingerprint density at radius 1 is 1.08 bits per heavy atom. The van der Waals surface area contributed by atoms with Crippen LogP contribution in [0.25, 0.3) is 0 Å². The summed E-state index contributed by atoms with van der Waals surface area (Å²) in [7, 11) is -2.27. The van der Waals surface area contributed by atoms with Crippen LogP contribution in [0, 0.1) is 11.8 Å². The van der Waals surface area contributed by atoms with Crippen LogP contribution in [0.2, 0.25) is 0 Å². The van der Waals surface area contributed by atoms with E-state index in [2.05, 4.69) is 0 Å². The van der Waals surface area contributed by atoms with Crippen LogP contribution in [0.3, 0.4) is 0 Å². The Bertz CT molecular complexity index is 1100. The Morgan fingerprint density at radius 2 is 1.75 bits per heavy atom. The Balaban J connectivity index is 1.50. The molecule has 196 valence electrons. The summed E-state index contributed by atoms with van der Waals surface area (Å²) in [6.07, 6.45) is 4.66. The van der Waals surface area contributed by atoms with Gasteiger partial charge in [-0.2, -0.15) is 4.31 Å². The number of hydrogen-bond acceptors (Lipinski definition) is 5. The Labute approximate surface area is 215 Å². The highest BCUT2D eigenvalue weighted by Gasteiger charge is 2.38. The van der Waals surface area contributed by atoms with Gasteiger partial charge in [0.2, 0.25) is 15.9 Å². The van der Waals surface area contributed by atoms with Gasteiger partial charge in [-0.05, 0) is 61.4 Å². The molecule has 0 bridgehead atoms. The minimum Gasteiger partial charge on any atom is -0.497 e. The molecular weight excluding hydrogens is 476 g/mol. The number of carbonyl (C=O) groups excluding carboxylic acids is 1. The number of carbonyl (C=O) groups is 1. The summed E-state index contributed by atoms with van der Waals surface area (Å²) in [5.74, 6) is 0.783. The van der Waals surface area contributed by atoms with Crippen molar-refractivity contribution in [1.82, 2.24) is 9.21 Å². The number of benzene rings is 2. The fraction of sp³-hybridized carbons (Fsp3) is 0.536. The van der Waals surface area contributed by atoms with Gasteiger partial charge < -0.3 is 14.7 Å². The van der Waals surface area contributed by atoms with E-state index in [9.17, 15) is 18.3 Å². The zero-order chi connectivity index (χ0) is 25.7. The average Bonchev–Trinajstić information content (AvgIpc) is 3.48. The standard InChI is InChI=1S/C28H38N2O5S/c1-21-16-24(17-22-8-4-3-5-9-22)30(28(21)32)20-25(31)19-29(18-23-10-6-7-11-23)36(33,34)27-14-12-26(35-2)13-15-27/h3-5,8-9,12-15,21,23-25,31H,6-7,10-11,16-20H2,1-2H3/t21?,24-,25?/m1/s1. The summed E-state index contributed by atoms with van der Waals surface area (Å²) < 4.78 is 33.8. The quantitative estimate of drug-likeness (QED) is 0.494. The van der Waals surface area contributed by atoms with Crippen molar-refractivity contribution in [3.8, 4) is 5.75 Å². The van der Waals surface area contributed by atoms with Gasteiger partial charge in [-0.3, -0.25) is 4.79 Å². The number of aliphatic hydroxyl groups is 1. The summed E-state index contributed by atoms with van der Waals surface area (Å²) in [5.41, 5.74) is 1.15. The van der Waals surface area contributed by atoms with Gasteiger partial charge in [0.05, 0.1) is 18.1 Å². The summed E-state index contributed by atoms with van der Waals surface area (Å²) in [6.45, 7) is 2.39. The highest BCUT2D eigenvalue weighted by Crippen LogP contribution is 2.30. The molecule has 36 heavy (non-hydrogen) atoms. The Kier molecular flexibility index (Phi) is 8.70. The van der Waals surface area contributed by atoms with Crippen molar-refractivity contribution in [3.63, 3.8) is 0 Å². The van der Waals surface area contributed by atoms with Gasteiger partial charge in [-0.15, -0.1) is 0 Å². The number of ether oxygens (including phenoxy) is 1. The maximum Gasteiger partial charge on any atom is 0.243 e. The molecule has 4 rings (SSSR count). The van der Waals surface area contributed by atoms with E-state index in [1.807, 2.05) is 37.3 Å². The maximum absolute atomic E-state index is 13.6. The zero-order valence-corrected chi connectivity index (χ0v) is 22.1. The van der Waals surface area contributed by atoms with Crippen molar-refractivity contribution in [2.45, 2.75) is 62.5 Å². The molecule has 2 aromatic rings. The van der Waals surface area contributed by atoms with Gasteiger partial charge in [-0.1, -0.05) is 50.1 Å². The third kappa shape index (κ3) is 6.28. The molecule has 8 heteroatoms. The number of nitrogens with zero attached hydrogens (tertiary/aromatic N) is 2. The number of amides is 1. The Morgan fingerprint density at radius 3 is 2.39 bits per heavy atom. The first-order valence-electron chi connectivity index (χ1n) is 12.9. The number of aliphatic hydroxyl groups excluding tert-OH is 1. The van der Waals surface area contributed by atoms with E-state index in [1.54, 1.807) is 29.2 Å². The normalized spacial score (nSPS) is 21.9. The first-order chi connectivity index (χ1) is 17.3. The van der Waals surface area contributed by atoms with Crippen molar-refractivity contribution in [2.24, 2.45) is 11.8 Å². The lowest BCUT2D eigenvalue weighted by Crippen LogP contribution is -2.47. The van der Waals surface area contributed by atoms with E-state index in [-0.39, 0.29) is 41.8 Å². The molecule has 2 aromatic carbocycles. The fourth-order valence-corrected chi connectivity index (χ4v) is 7.14. The first kappa shape index (κ1) is 26.6. The molecule has 0 spiro atoms. The minimum absolute atomic E-state index is 0.00831. The van der Waals surface area contributed by atoms with Crippen LogP contribution in [0.1, 0.15) is 44.6 Å². The zero-order valence-electron chi connectivity index (χ0n) is 21.3. The summed E-state index contributed by atoms with van der Waals surface area (Å²) in [4.78, 5) is 14.9. The number of methoxy groups -OCH3 is 1. The number of β-amino-alcohol motifs (C(OH)–C–C–N with tert-alkyl or cyclic N) is 1. The molecular formula is C28H38N2O5S.